The second-order valence-corrected chi connectivity index (χ2v) is 8.35. The lowest BCUT2D eigenvalue weighted by Gasteiger charge is -2.39. The Morgan fingerprint density at radius 2 is 1.90 bits per heavy atom. The SMILES string of the molecule is CN=C(NCCc1ccc2c(c1)CCO2)NCC1(c2ccccc2C)CCOCC1. The summed E-state index contributed by atoms with van der Waals surface area (Å²) in [6.07, 6.45) is 4.04. The molecule has 30 heavy (non-hydrogen) atoms. The van der Waals surface area contributed by atoms with Gasteiger partial charge in [-0.25, -0.2) is 0 Å². The van der Waals surface area contributed by atoms with Crippen LogP contribution in [-0.2, 0) is 23.0 Å². The zero-order valence-corrected chi connectivity index (χ0v) is 18.2. The van der Waals surface area contributed by atoms with Crippen LogP contribution in [0.5, 0.6) is 5.75 Å². The van der Waals surface area contributed by atoms with Crippen LogP contribution in [0.4, 0.5) is 0 Å². The van der Waals surface area contributed by atoms with Crippen LogP contribution in [0, 0.1) is 6.92 Å². The molecule has 2 aromatic carbocycles. The molecule has 0 spiro atoms. The predicted molar refractivity (Wildman–Crippen MR) is 122 cm³/mol. The Bertz CT molecular complexity index is 888. The van der Waals surface area contributed by atoms with Gasteiger partial charge in [0, 0.05) is 45.2 Å². The number of nitrogens with zero attached hydrogens (tertiary/aromatic N) is 1. The van der Waals surface area contributed by atoms with Crippen molar-refractivity contribution in [1.82, 2.24) is 10.6 Å². The first-order valence-corrected chi connectivity index (χ1v) is 11.0. The van der Waals surface area contributed by atoms with Gasteiger partial charge in [0.15, 0.2) is 5.96 Å². The summed E-state index contributed by atoms with van der Waals surface area (Å²) in [5.41, 5.74) is 5.53. The third kappa shape index (κ3) is 4.62. The van der Waals surface area contributed by atoms with E-state index in [9.17, 15) is 0 Å². The molecule has 160 valence electrons. The van der Waals surface area contributed by atoms with Gasteiger partial charge in [-0.05, 0) is 54.5 Å². The summed E-state index contributed by atoms with van der Waals surface area (Å²) < 4.78 is 11.3. The summed E-state index contributed by atoms with van der Waals surface area (Å²) in [5, 5.41) is 7.08. The molecule has 0 saturated carbocycles. The van der Waals surface area contributed by atoms with Gasteiger partial charge in [-0.3, -0.25) is 4.99 Å². The average molecular weight is 408 g/mol. The van der Waals surface area contributed by atoms with Gasteiger partial charge in [0.25, 0.3) is 0 Å². The number of aliphatic imine (C=N–C) groups is 1. The summed E-state index contributed by atoms with van der Waals surface area (Å²) >= 11 is 0. The van der Waals surface area contributed by atoms with Crippen LogP contribution in [0.25, 0.3) is 0 Å². The van der Waals surface area contributed by atoms with Crippen LogP contribution in [0.1, 0.15) is 35.1 Å². The summed E-state index contributed by atoms with van der Waals surface area (Å²) in [6, 6.07) is 15.3. The van der Waals surface area contributed by atoms with E-state index in [1.54, 1.807) is 0 Å². The Morgan fingerprint density at radius 1 is 1.07 bits per heavy atom. The van der Waals surface area contributed by atoms with Crippen molar-refractivity contribution in [3.8, 4) is 5.75 Å². The van der Waals surface area contributed by atoms with E-state index in [2.05, 4.69) is 65.0 Å². The van der Waals surface area contributed by atoms with E-state index in [0.29, 0.717) is 0 Å². The Morgan fingerprint density at radius 3 is 2.70 bits per heavy atom. The molecule has 1 saturated heterocycles. The number of nitrogens with one attached hydrogen (secondary N) is 2. The van der Waals surface area contributed by atoms with E-state index in [0.717, 1.165) is 70.3 Å². The second-order valence-electron chi connectivity index (χ2n) is 8.35. The second kappa shape index (κ2) is 9.52. The highest BCUT2D eigenvalue weighted by atomic mass is 16.5. The first kappa shape index (κ1) is 20.7. The van der Waals surface area contributed by atoms with E-state index in [-0.39, 0.29) is 5.41 Å². The molecule has 0 amide bonds. The molecular formula is C25H33N3O2. The molecular weight excluding hydrogens is 374 g/mol. The maximum Gasteiger partial charge on any atom is 0.191 e. The van der Waals surface area contributed by atoms with Crippen LogP contribution < -0.4 is 15.4 Å². The highest BCUT2D eigenvalue weighted by Gasteiger charge is 2.35. The number of aryl methyl sites for hydroxylation is 1. The van der Waals surface area contributed by atoms with E-state index >= 15 is 0 Å². The Labute approximate surface area is 179 Å². The van der Waals surface area contributed by atoms with Gasteiger partial charge in [-0.1, -0.05) is 36.4 Å². The third-order valence-electron chi connectivity index (χ3n) is 6.44. The van der Waals surface area contributed by atoms with Crippen molar-refractivity contribution in [2.24, 2.45) is 4.99 Å². The number of fused-ring (bicyclic) bond motifs is 1. The lowest BCUT2D eigenvalue weighted by molar-refractivity contribution is 0.0512. The minimum Gasteiger partial charge on any atom is -0.493 e. The van der Waals surface area contributed by atoms with Crippen molar-refractivity contribution in [3.05, 3.63) is 64.7 Å². The molecule has 0 atom stereocenters. The molecule has 0 aliphatic carbocycles. The molecule has 0 aromatic heterocycles. The van der Waals surface area contributed by atoms with Gasteiger partial charge in [0.1, 0.15) is 5.75 Å². The molecule has 5 heteroatoms. The highest BCUT2D eigenvalue weighted by molar-refractivity contribution is 5.79. The number of rotatable bonds is 6. The van der Waals surface area contributed by atoms with Crippen molar-refractivity contribution in [2.45, 2.75) is 38.0 Å². The van der Waals surface area contributed by atoms with Crippen molar-refractivity contribution in [3.63, 3.8) is 0 Å². The Kier molecular flexibility index (Phi) is 6.58. The quantitative estimate of drug-likeness (QED) is 0.569. The normalized spacial score (nSPS) is 17.9. The summed E-state index contributed by atoms with van der Waals surface area (Å²) in [6.45, 7) is 6.34. The largest absolute Gasteiger partial charge is 0.493 e. The van der Waals surface area contributed by atoms with Crippen molar-refractivity contribution < 1.29 is 9.47 Å². The fraction of sp³-hybridized carbons (Fsp3) is 0.480. The van der Waals surface area contributed by atoms with Gasteiger partial charge in [0.2, 0.25) is 0 Å². The summed E-state index contributed by atoms with van der Waals surface area (Å²) in [4.78, 5) is 4.45. The fourth-order valence-corrected chi connectivity index (χ4v) is 4.67. The minimum absolute atomic E-state index is 0.0845. The summed E-state index contributed by atoms with van der Waals surface area (Å²) in [7, 11) is 1.84. The Balaban J connectivity index is 1.35. The van der Waals surface area contributed by atoms with Crippen LogP contribution in [-0.4, -0.2) is 45.9 Å². The fourth-order valence-electron chi connectivity index (χ4n) is 4.67. The van der Waals surface area contributed by atoms with Crippen molar-refractivity contribution in [1.29, 1.82) is 0 Å². The Hall–Kier alpha value is -2.53. The molecule has 0 radical (unpaired) electrons. The maximum atomic E-state index is 5.68. The van der Waals surface area contributed by atoms with Gasteiger partial charge < -0.3 is 20.1 Å². The van der Waals surface area contributed by atoms with E-state index < -0.39 is 0 Å². The standard InChI is InChI=1S/C25H33N3O2/c1-19-5-3-4-6-22(19)25(11-15-29-16-12-25)18-28-24(26-2)27-13-9-20-7-8-23-21(17-20)10-14-30-23/h3-8,17H,9-16,18H2,1-2H3,(H2,26,27,28). The summed E-state index contributed by atoms with van der Waals surface area (Å²) in [5.74, 6) is 1.90. The first-order chi connectivity index (χ1) is 14.7. The average Bonchev–Trinajstić information content (AvgIpc) is 3.25. The van der Waals surface area contributed by atoms with Crippen LogP contribution in [0.15, 0.2) is 47.5 Å². The van der Waals surface area contributed by atoms with E-state index in [4.69, 9.17) is 9.47 Å². The number of benzene rings is 2. The van der Waals surface area contributed by atoms with E-state index in [1.807, 2.05) is 7.05 Å². The molecule has 0 bridgehead atoms. The van der Waals surface area contributed by atoms with Crippen LogP contribution in [0.3, 0.4) is 0 Å². The van der Waals surface area contributed by atoms with E-state index in [1.165, 1.54) is 22.3 Å². The van der Waals surface area contributed by atoms with Gasteiger partial charge in [0.05, 0.1) is 6.61 Å². The first-order valence-electron chi connectivity index (χ1n) is 11.0. The molecule has 2 heterocycles. The van der Waals surface area contributed by atoms with Crippen LogP contribution in [0.2, 0.25) is 0 Å². The lowest BCUT2D eigenvalue weighted by atomic mass is 9.72. The monoisotopic (exact) mass is 407 g/mol. The zero-order valence-electron chi connectivity index (χ0n) is 18.2. The smallest absolute Gasteiger partial charge is 0.191 e. The molecule has 2 aliphatic heterocycles. The molecule has 2 aliphatic rings. The number of hydrogen-bond acceptors (Lipinski definition) is 3. The highest BCUT2D eigenvalue weighted by Crippen LogP contribution is 2.36. The third-order valence-corrected chi connectivity index (χ3v) is 6.44. The molecule has 0 unspecified atom stereocenters. The van der Waals surface area contributed by atoms with Crippen molar-refractivity contribution in [2.75, 3.05) is 40.0 Å². The minimum atomic E-state index is 0.0845. The molecule has 2 N–H and O–H groups in total. The number of guanidine groups is 1. The van der Waals surface area contributed by atoms with Crippen LogP contribution >= 0.6 is 0 Å². The number of hydrogen-bond donors (Lipinski definition) is 2. The number of ether oxygens (including phenoxy) is 2. The molecule has 1 fully saturated rings. The van der Waals surface area contributed by atoms with Gasteiger partial charge in [-0.2, -0.15) is 0 Å². The zero-order chi connectivity index (χ0) is 20.8. The van der Waals surface area contributed by atoms with Crippen molar-refractivity contribution >= 4 is 5.96 Å². The molecule has 5 nitrogen and oxygen atoms in total. The maximum absolute atomic E-state index is 5.68. The molecule has 4 rings (SSSR count). The van der Waals surface area contributed by atoms with Gasteiger partial charge >= 0.3 is 0 Å². The lowest BCUT2D eigenvalue weighted by Crippen LogP contribution is -2.48. The van der Waals surface area contributed by atoms with Gasteiger partial charge in [-0.15, -0.1) is 0 Å². The molecule has 2 aromatic rings. The topological polar surface area (TPSA) is 54.9 Å². The predicted octanol–water partition coefficient (Wildman–Crippen LogP) is 3.39.